The van der Waals surface area contributed by atoms with Gasteiger partial charge in [-0.25, -0.2) is 9.18 Å². The van der Waals surface area contributed by atoms with Gasteiger partial charge in [0.15, 0.2) is 0 Å². The number of halogens is 1. The Bertz CT molecular complexity index is 824. The second-order valence-electron chi connectivity index (χ2n) is 5.21. The van der Waals surface area contributed by atoms with Gasteiger partial charge < -0.3 is 15.4 Å². The zero-order valence-electron chi connectivity index (χ0n) is 13.9. The first kappa shape index (κ1) is 18.3. The van der Waals surface area contributed by atoms with Crippen LogP contribution in [0.15, 0.2) is 36.4 Å². The summed E-state index contributed by atoms with van der Waals surface area (Å²) in [4.78, 5) is 22.3. The lowest BCUT2D eigenvalue weighted by molar-refractivity contribution is -0.119. The van der Waals surface area contributed by atoms with Crippen LogP contribution in [0.2, 0.25) is 0 Å². The molecule has 2 N–H and O–H groups in total. The smallest absolute Gasteiger partial charge is 0.407 e. The number of rotatable bonds is 5. The third kappa shape index (κ3) is 5.50. The molecule has 6 heteroatoms. The van der Waals surface area contributed by atoms with Crippen molar-refractivity contribution in [3.05, 3.63) is 47.8 Å². The van der Waals surface area contributed by atoms with Crippen LogP contribution in [0.25, 0.3) is 10.8 Å². The molecule has 0 aromatic heterocycles. The maximum absolute atomic E-state index is 13.7. The summed E-state index contributed by atoms with van der Waals surface area (Å²) in [5, 5.41) is 6.04. The highest BCUT2D eigenvalue weighted by molar-refractivity contribution is 5.88. The molecule has 0 heterocycles. The Morgan fingerprint density at radius 3 is 2.68 bits per heavy atom. The molecule has 2 rings (SSSR count). The lowest BCUT2D eigenvalue weighted by atomic mass is 10.0. The molecule has 0 unspecified atom stereocenters. The number of fused-ring (bicyclic) bond motifs is 1. The molecule has 0 fully saturated rings. The van der Waals surface area contributed by atoms with Crippen LogP contribution in [0.3, 0.4) is 0 Å². The Morgan fingerprint density at radius 2 is 1.92 bits per heavy atom. The molecule has 0 aliphatic rings. The summed E-state index contributed by atoms with van der Waals surface area (Å²) in [6.07, 6.45) is 0.467. The molecule has 2 amide bonds. The fourth-order valence-electron chi connectivity index (χ4n) is 2.15. The molecule has 5 nitrogen and oxygen atoms in total. The number of likely N-dealkylation sites (N-methyl/N-ethyl adjacent to an activating group) is 1. The highest BCUT2D eigenvalue weighted by Gasteiger charge is 2.04. The fourth-order valence-corrected chi connectivity index (χ4v) is 2.15. The third-order valence-electron chi connectivity index (χ3n) is 3.45. The molecule has 130 valence electrons. The topological polar surface area (TPSA) is 67.4 Å². The highest BCUT2D eigenvalue weighted by Crippen LogP contribution is 2.21. The minimum Gasteiger partial charge on any atom is -0.450 e. The zero-order valence-corrected chi connectivity index (χ0v) is 13.9. The number of ether oxygens (including phenoxy) is 1. The number of amides is 2. The van der Waals surface area contributed by atoms with Gasteiger partial charge >= 0.3 is 6.09 Å². The molecular formula is C19H19FN2O3. The van der Waals surface area contributed by atoms with Crippen molar-refractivity contribution in [1.82, 2.24) is 10.6 Å². The van der Waals surface area contributed by atoms with Crippen LogP contribution in [-0.2, 0) is 9.53 Å². The van der Waals surface area contributed by atoms with Gasteiger partial charge in [-0.05, 0) is 18.6 Å². The van der Waals surface area contributed by atoms with E-state index >= 15 is 0 Å². The van der Waals surface area contributed by atoms with Crippen molar-refractivity contribution < 1.29 is 18.7 Å². The monoisotopic (exact) mass is 342 g/mol. The average Bonchev–Trinajstić information content (AvgIpc) is 2.64. The predicted octanol–water partition coefficient (Wildman–Crippen LogP) is 2.58. The summed E-state index contributed by atoms with van der Waals surface area (Å²) < 4.78 is 18.7. The van der Waals surface area contributed by atoms with E-state index in [0.717, 1.165) is 10.9 Å². The van der Waals surface area contributed by atoms with E-state index in [1.165, 1.54) is 13.1 Å². The van der Waals surface area contributed by atoms with Crippen molar-refractivity contribution in [3.8, 4) is 11.8 Å². The first-order chi connectivity index (χ1) is 12.1. The number of benzene rings is 2. The van der Waals surface area contributed by atoms with Gasteiger partial charge in [-0.2, -0.15) is 0 Å². The molecule has 0 aliphatic carbocycles. The minimum atomic E-state index is -0.638. The van der Waals surface area contributed by atoms with Gasteiger partial charge in [-0.15, -0.1) is 0 Å². The second kappa shape index (κ2) is 9.28. The molecule has 0 atom stereocenters. The maximum Gasteiger partial charge on any atom is 0.407 e. The molecule has 2 aromatic carbocycles. The molecule has 0 aliphatic heterocycles. The number of hydrogen-bond acceptors (Lipinski definition) is 3. The summed E-state index contributed by atoms with van der Waals surface area (Å²) in [5.74, 6) is 5.46. The number of carbonyl (C=O) groups excluding carboxylic acids is 2. The summed E-state index contributed by atoms with van der Waals surface area (Å²) in [6, 6.07) is 10.3. The molecule has 0 saturated heterocycles. The maximum atomic E-state index is 13.7. The summed E-state index contributed by atoms with van der Waals surface area (Å²) in [6.45, 7) is 0.0885. The van der Waals surface area contributed by atoms with Gasteiger partial charge in [0.05, 0.1) is 13.2 Å². The first-order valence-electron chi connectivity index (χ1n) is 7.89. The molecule has 0 bridgehead atoms. The van der Waals surface area contributed by atoms with Crippen LogP contribution in [-0.4, -0.2) is 32.2 Å². The lowest BCUT2D eigenvalue weighted by Gasteiger charge is -2.05. The quantitative estimate of drug-likeness (QED) is 0.648. The van der Waals surface area contributed by atoms with Crippen LogP contribution < -0.4 is 10.6 Å². The number of alkyl carbamates (subject to hydrolysis) is 1. The van der Waals surface area contributed by atoms with Crippen LogP contribution in [0.5, 0.6) is 0 Å². The van der Waals surface area contributed by atoms with E-state index in [-0.39, 0.29) is 24.9 Å². The molecular weight excluding hydrogens is 323 g/mol. The van der Waals surface area contributed by atoms with E-state index < -0.39 is 6.09 Å². The Kier molecular flexibility index (Phi) is 6.78. The molecule has 0 saturated carbocycles. The van der Waals surface area contributed by atoms with Crippen molar-refractivity contribution in [2.75, 3.05) is 20.2 Å². The number of hydrogen-bond donors (Lipinski definition) is 2. The summed E-state index contributed by atoms with van der Waals surface area (Å²) >= 11 is 0. The summed E-state index contributed by atoms with van der Waals surface area (Å²) in [5.41, 5.74) is 0.765. The average molecular weight is 342 g/mol. The van der Waals surface area contributed by atoms with Gasteiger partial charge in [0.2, 0.25) is 5.91 Å². The lowest BCUT2D eigenvalue weighted by Crippen LogP contribution is -2.35. The summed E-state index contributed by atoms with van der Waals surface area (Å²) in [7, 11) is 1.48. The van der Waals surface area contributed by atoms with E-state index in [1.807, 2.05) is 12.1 Å². The highest BCUT2D eigenvalue weighted by atomic mass is 19.1. The number of carbonyl (C=O) groups is 2. The van der Waals surface area contributed by atoms with Crippen molar-refractivity contribution in [2.45, 2.75) is 12.8 Å². The van der Waals surface area contributed by atoms with Gasteiger partial charge in [-0.3, -0.25) is 4.79 Å². The molecule has 0 spiro atoms. The minimum absolute atomic E-state index is 0.118. The largest absolute Gasteiger partial charge is 0.450 e. The Hall–Kier alpha value is -3.07. The Labute approximate surface area is 145 Å². The third-order valence-corrected chi connectivity index (χ3v) is 3.45. The normalized spacial score (nSPS) is 9.84. The molecule has 2 aromatic rings. The van der Waals surface area contributed by atoms with Crippen molar-refractivity contribution >= 4 is 22.8 Å². The molecule has 0 radical (unpaired) electrons. The zero-order chi connectivity index (χ0) is 18.1. The van der Waals surface area contributed by atoms with E-state index in [1.54, 1.807) is 18.2 Å². The first-order valence-corrected chi connectivity index (χ1v) is 7.89. The molecule has 25 heavy (non-hydrogen) atoms. The van der Waals surface area contributed by atoms with Crippen LogP contribution in [0, 0.1) is 17.7 Å². The van der Waals surface area contributed by atoms with Crippen molar-refractivity contribution in [2.24, 2.45) is 0 Å². The van der Waals surface area contributed by atoms with E-state index in [2.05, 4.69) is 22.5 Å². The van der Waals surface area contributed by atoms with Crippen molar-refractivity contribution in [3.63, 3.8) is 0 Å². The number of unbranched alkanes of at least 4 members (excludes halogenated alkanes) is 1. The van der Waals surface area contributed by atoms with E-state index in [0.29, 0.717) is 18.2 Å². The second-order valence-corrected chi connectivity index (χ2v) is 5.21. The van der Waals surface area contributed by atoms with Gasteiger partial charge in [0.1, 0.15) is 5.82 Å². The Morgan fingerprint density at radius 1 is 1.16 bits per heavy atom. The predicted molar refractivity (Wildman–Crippen MR) is 93.4 cm³/mol. The van der Waals surface area contributed by atoms with E-state index in [9.17, 15) is 14.0 Å². The van der Waals surface area contributed by atoms with Crippen molar-refractivity contribution in [1.29, 1.82) is 0 Å². The SMILES string of the molecule is CNC(=O)CNC(=O)OCCCC#Cc1ccc(F)c2ccccc12. The number of nitrogens with one attached hydrogen (secondary N) is 2. The van der Waals surface area contributed by atoms with E-state index in [4.69, 9.17) is 4.74 Å². The Balaban J connectivity index is 1.79. The van der Waals surface area contributed by atoms with Crippen LogP contribution in [0.4, 0.5) is 9.18 Å². The van der Waals surface area contributed by atoms with Crippen LogP contribution >= 0.6 is 0 Å². The fraction of sp³-hybridized carbons (Fsp3) is 0.263. The van der Waals surface area contributed by atoms with Gasteiger partial charge in [0.25, 0.3) is 0 Å². The van der Waals surface area contributed by atoms with Gasteiger partial charge in [-0.1, -0.05) is 36.1 Å². The standard InChI is InChI=1S/C19H19FN2O3/c1-21-18(23)13-22-19(24)25-12-6-2-3-7-14-10-11-17(20)16-9-5-4-8-15(14)16/h4-5,8-11H,2,6,12-13H2,1H3,(H,21,23)(H,22,24). The van der Waals surface area contributed by atoms with Gasteiger partial charge in [0, 0.05) is 29.8 Å². The van der Waals surface area contributed by atoms with Crippen LogP contribution in [0.1, 0.15) is 18.4 Å².